The monoisotopic (exact) mass is 420 g/mol. The molecule has 0 atom stereocenters. The van der Waals surface area contributed by atoms with Crippen molar-refractivity contribution < 1.29 is 9.47 Å². The van der Waals surface area contributed by atoms with E-state index in [-0.39, 0.29) is 0 Å². The van der Waals surface area contributed by atoms with Crippen LogP contribution in [-0.2, 0) is 0 Å². The molecule has 1 aromatic carbocycles. The highest BCUT2D eigenvalue weighted by Crippen LogP contribution is 2.40. The molecule has 0 fully saturated rings. The van der Waals surface area contributed by atoms with Gasteiger partial charge in [-0.2, -0.15) is 0 Å². The lowest BCUT2D eigenvalue weighted by atomic mass is 10.1. The highest BCUT2D eigenvalue weighted by molar-refractivity contribution is 6.35. The van der Waals surface area contributed by atoms with Gasteiger partial charge in [-0.25, -0.2) is 9.97 Å². The van der Waals surface area contributed by atoms with E-state index in [4.69, 9.17) is 37.7 Å². The molecule has 28 heavy (non-hydrogen) atoms. The molecular formula is C20H22Cl2N4O2. The zero-order valence-electron chi connectivity index (χ0n) is 16.2. The van der Waals surface area contributed by atoms with Gasteiger partial charge in [0, 0.05) is 41.7 Å². The Labute approximate surface area is 174 Å². The van der Waals surface area contributed by atoms with Gasteiger partial charge in [-0.3, -0.25) is 0 Å². The summed E-state index contributed by atoms with van der Waals surface area (Å²) in [6, 6.07) is 7.31. The maximum Gasteiger partial charge on any atom is 0.141 e. The molecule has 0 aliphatic rings. The fourth-order valence-electron chi connectivity index (χ4n) is 2.82. The fraction of sp³-hybridized carbons (Fsp3) is 0.300. The van der Waals surface area contributed by atoms with Crippen LogP contribution in [-0.4, -0.2) is 56.3 Å². The molecule has 0 saturated heterocycles. The third-order valence-corrected chi connectivity index (χ3v) is 4.87. The number of nitrogens with one attached hydrogen (secondary N) is 1. The average Bonchev–Trinajstić information content (AvgIpc) is 2.68. The summed E-state index contributed by atoms with van der Waals surface area (Å²) in [5.41, 5.74) is 1.40. The van der Waals surface area contributed by atoms with Gasteiger partial charge >= 0.3 is 0 Å². The summed E-state index contributed by atoms with van der Waals surface area (Å²) in [5, 5.41) is 6.07. The largest absolute Gasteiger partial charge is 0.497 e. The van der Waals surface area contributed by atoms with Crippen LogP contribution in [0.15, 0.2) is 30.5 Å². The normalized spacial score (nSPS) is 11.1. The number of ether oxygens (including phenoxy) is 2. The van der Waals surface area contributed by atoms with Crippen LogP contribution in [0.2, 0.25) is 10.2 Å². The topological polar surface area (TPSA) is 59.5 Å². The Bertz CT molecular complexity index is 996. The number of hydrogen-bond donors (Lipinski definition) is 1. The first kappa shape index (κ1) is 20.5. The molecule has 0 unspecified atom stereocenters. The van der Waals surface area contributed by atoms with E-state index in [1.807, 2.05) is 26.2 Å². The van der Waals surface area contributed by atoms with Crippen LogP contribution in [0, 0.1) is 0 Å². The second-order valence-electron chi connectivity index (χ2n) is 6.51. The van der Waals surface area contributed by atoms with Gasteiger partial charge in [-0.05, 0) is 32.3 Å². The Morgan fingerprint density at radius 1 is 1.07 bits per heavy atom. The number of fused-ring (bicyclic) bond motifs is 1. The quantitative estimate of drug-likeness (QED) is 0.563. The molecule has 6 nitrogen and oxygen atoms in total. The Morgan fingerprint density at radius 2 is 1.86 bits per heavy atom. The maximum absolute atomic E-state index is 6.56. The minimum atomic E-state index is 0.416. The van der Waals surface area contributed by atoms with Crippen LogP contribution in [0.5, 0.6) is 11.5 Å². The minimum Gasteiger partial charge on any atom is -0.497 e. The lowest BCUT2D eigenvalue weighted by Crippen LogP contribution is -2.21. The van der Waals surface area contributed by atoms with E-state index in [1.54, 1.807) is 32.5 Å². The predicted molar refractivity (Wildman–Crippen MR) is 115 cm³/mol. The number of anilines is 1. The number of rotatable bonds is 7. The van der Waals surface area contributed by atoms with E-state index in [9.17, 15) is 0 Å². The number of pyridine rings is 2. The van der Waals surface area contributed by atoms with E-state index in [2.05, 4.69) is 15.2 Å². The minimum absolute atomic E-state index is 0.416. The van der Waals surface area contributed by atoms with Gasteiger partial charge in [0.15, 0.2) is 0 Å². The molecule has 8 heteroatoms. The number of methoxy groups -OCH3 is 2. The molecule has 2 heterocycles. The lowest BCUT2D eigenvalue weighted by molar-refractivity contribution is 0.395. The summed E-state index contributed by atoms with van der Waals surface area (Å²) in [6.07, 6.45) is 1.73. The van der Waals surface area contributed by atoms with Crippen molar-refractivity contribution in [2.75, 3.05) is 46.7 Å². The Hall–Kier alpha value is -2.28. The second kappa shape index (κ2) is 8.82. The molecule has 148 valence electrons. The second-order valence-corrected chi connectivity index (χ2v) is 7.27. The van der Waals surface area contributed by atoms with Crippen molar-refractivity contribution >= 4 is 39.8 Å². The number of benzene rings is 1. The highest BCUT2D eigenvalue weighted by Gasteiger charge is 2.16. The molecular weight excluding hydrogens is 399 g/mol. The van der Waals surface area contributed by atoms with Crippen molar-refractivity contribution in [3.05, 3.63) is 40.6 Å². The molecule has 0 saturated carbocycles. The molecule has 2 aromatic heterocycles. The predicted octanol–water partition coefficient (Wildman–Crippen LogP) is 4.59. The molecule has 0 amide bonds. The van der Waals surface area contributed by atoms with Gasteiger partial charge in [0.05, 0.1) is 24.9 Å². The highest BCUT2D eigenvalue weighted by atomic mass is 35.5. The summed E-state index contributed by atoms with van der Waals surface area (Å²) in [6.45, 7) is 1.59. The smallest absolute Gasteiger partial charge is 0.141 e. The maximum atomic E-state index is 6.56. The summed E-state index contributed by atoms with van der Waals surface area (Å²) < 4.78 is 10.8. The van der Waals surface area contributed by atoms with Crippen LogP contribution in [0.1, 0.15) is 0 Å². The molecule has 3 rings (SSSR count). The zero-order valence-corrected chi connectivity index (χ0v) is 17.7. The average molecular weight is 421 g/mol. The molecule has 0 aliphatic heterocycles. The third kappa shape index (κ3) is 4.41. The zero-order chi connectivity index (χ0) is 20.3. The van der Waals surface area contributed by atoms with Crippen molar-refractivity contribution in [1.29, 1.82) is 0 Å². The van der Waals surface area contributed by atoms with Crippen LogP contribution in [0.25, 0.3) is 22.0 Å². The number of likely N-dealkylation sites (N-methyl/N-ethyl adjacent to an activating group) is 1. The van der Waals surface area contributed by atoms with Gasteiger partial charge in [-0.1, -0.05) is 23.2 Å². The number of nitrogens with zero attached hydrogens (tertiary/aromatic N) is 3. The van der Waals surface area contributed by atoms with Crippen LogP contribution in [0.3, 0.4) is 0 Å². The fourth-order valence-corrected chi connectivity index (χ4v) is 3.26. The van der Waals surface area contributed by atoms with Gasteiger partial charge in [0.1, 0.15) is 22.5 Å². The summed E-state index contributed by atoms with van der Waals surface area (Å²) in [4.78, 5) is 11.1. The van der Waals surface area contributed by atoms with E-state index >= 15 is 0 Å². The Morgan fingerprint density at radius 3 is 2.54 bits per heavy atom. The van der Waals surface area contributed by atoms with Crippen molar-refractivity contribution in [2.24, 2.45) is 0 Å². The van der Waals surface area contributed by atoms with Gasteiger partial charge in [0.2, 0.25) is 0 Å². The SMILES string of the molecule is COc1cc(OC)c(Cl)c(-c2cc3cnc(Cl)cc3c(NCCN(C)C)n2)c1. The van der Waals surface area contributed by atoms with E-state index < -0.39 is 0 Å². The molecule has 0 aliphatic carbocycles. The Kier molecular flexibility index (Phi) is 6.44. The number of hydrogen-bond acceptors (Lipinski definition) is 6. The Balaban J connectivity index is 2.15. The first-order valence-corrected chi connectivity index (χ1v) is 9.45. The van der Waals surface area contributed by atoms with Crippen molar-refractivity contribution in [1.82, 2.24) is 14.9 Å². The lowest BCUT2D eigenvalue weighted by Gasteiger charge is -2.16. The number of aromatic nitrogens is 2. The molecule has 3 aromatic rings. The van der Waals surface area contributed by atoms with Gasteiger partial charge in [0.25, 0.3) is 0 Å². The molecule has 1 N–H and O–H groups in total. The van der Waals surface area contributed by atoms with Crippen LogP contribution in [0.4, 0.5) is 5.82 Å². The first-order valence-electron chi connectivity index (χ1n) is 8.69. The van der Waals surface area contributed by atoms with Crippen molar-refractivity contribution in [3.63, 3.8) is 0 Å². The summed E-state index contributed by atoms with van der Waals surface area (Å²) >= 11 is 12.7. The van der Waals surface area contributed by atoms with Crippen LogP contribution < -0.4 is 14.8 Å². The van der Waals surface area contributed by atoms with E-state index in [0.717, 1.165) is 29.7 Å². The van der Waals surface area contributed by atoms with Crippen molar-refractivity contribution in [3.8, 4) is 22.8 Å². The van der Waals surface area contributed by atoms with Gasteiger partial charge in [-0.15, -0.1) is 0 Å². The molecule has 0 bridgehead atoms. The summed E-state index contributed by atoms with van der Waals surface area (Å²) in [5.74, 6) is 1.88. The number of halogens is 2. The first-order chi connectivity index (χ1) is 13.4. The molecule has 0 radical (unpaired) electrons. The van der Waals surface area contributed by atoms with Crippen molar-refractivity contribution in [2.45, 2.75) is 0 Å². The summed E-state index contributed by atoms with van der Waals surface area (Å²) in [7, 11) is 7.21. The van der Waals surface area contributed by atoms with E-state index in [1.165, 1.54) is 0 Å². The van der Waals surface area contributed by atoms with Gasteiger partial charge < -0.3 is 19.7 Å². The van der Waals surface area contributed by atoms with E-state index in [0.29, 0.717) is 32.9 Å². The molecule has 0 spiro atoms. The standard InChI is InChI=1S/C20H22Cl2N4O2/c1-26(2)6-5-23-20-14-10-18(21)24-11-12(14)7-16(25-20)15-8-13(27-3)9-17(28-4)19(15)22/h7-11H,5-6H2,1-4H3,(H,23,25). The third-order valence-electron chi connectivity index (χ3n) is 4.28. The van der Waals surface area contributed by atoms with Crippen LogP contribution >= 0.6 is 23.2 Å².